The normalized spacial score (nSPS) is 16.2. The van der Waals surface area contributed by atoms with Crippen molar-refractivity contribution in [2.45, 2.75) is 168 Å². The van der Waals surface area contributed by atoms with Crippen molar-refractivity contribution in [1.82, 2.24) is 36.8 Å². The van der Waals surface area contributed by atoms with E-state index >= 15 is 0 Å². The Kier molecular flexibility index (Phi) is 26.4. The van der Waals surface area contributed by atoms with E-state index < -0.39 is 144 Å². The molecule has 9 amide bonds. The van der Waals surface area contributed by atoms with E-state index in [1.807, 2.05) is 0 Å². The lowest BCUT2D eigenvalue weighted by Crippen LogP contribution is -2.62. The van der Waals surface area contributed by atoms with Crippen LogP contribution in [-0.2, 0) is 47.9 Å². The first-order chi connectivity index (χ1) is 31.7. The van der Waals surface area contributed by atoms with Gasteiger partial charge in [-0.3, -0.25) is 48.2 Å². The van der Waals surface area contributed by atoms with Crippen molar-refractivity contribution in [3.63, 3.8) is 0 Å². The monoisotopic (exact) mass is 989 g/mol. The van der Waals surface area contributed by atoms with Gasteiger partial charge in [-0.15, -0.1) is 0 Å². The molecule has 69 heavy (non-hydrogen) atoms. The summed E-state index contributed by atoms with van der Waals surface area (Å²) in [6, 6.07) is -11.7. The van der Waals surface area contributed by atoms with Crippen molar-refractivity contribution in [3.8, 4) is 0 Å². The molecule has 0 fully saturated rings. The number of primary amides is 1. The maximum absolute atomic E-state index is 14.1. The van der Waals surface area contributed by atoms with Crippen LogP contribution in [0.25, 0.3) is 0 Å². The van der Waals surface area contributed by atoms with Gasteiger partial charge in [-0.2, -0.15) is 0 Å². The summed E-state index contributed by atoms with van der Waals surface area (Å²) < 4.78 is 5.28. The smallest absolute Gasteiger partial charge is 0.408 e. The highest BCUT2D eigenvalue weighted by Gasteiger charge is 2.40. The SMILES string of the molecule is CC[C@H](C)[C@H](NC(=O)[C@@H](CCCN=C(N)N)NC(=O)[C@H](CC(C)C)NC(=O)[C@@H](NC(=O)OC(C)(C)C)[C@H](O)C(C)C)C(=O)N[C@H](C(=O)NCC(=O)N(C(=O)[C@@H](N)[C@H](O)C(N)=O)[C@@H](C)C(=O)O)[C@H](C)O. The van der Waals surface area contributed by atoms with Crippen LogP contribution in [0, 0.1) is 17.8 Å². The highest BCUT2D eigenvalue weighted by molar-refractivity contribution is 6.05. The molecule has 0 heterocycles. The number of carboxylic acid groups (broad SMARTS) is 1. The van der Waals surface area contributed by atoms with Gasteiger partial charge >= 0.3 is 12.1 Å². The van der Waals surface area contributed by atoms with E-state index in [9.17, 15) is 68.4 Å². The number of alkyl carbamates (subject to hydrolysis) is 1. The number of ether oxygens (including phenoxy) is 1. The second-order valence-electron chi connectivity index (χ2n) is 18.4. The molecule has 0 bridgehead atoms. The van der Waals surface area contributed by atoms with Gasteiger partial charge in [0.15, 0.2) is 12.1 Å². The number of nitrogens with one attached hydrogen (secondary N) is 6. The largest absolute Gasteiger partial charge is 0.480 e. The molecule has 0 aromatic heterocycles. The lowest BCUT2D eigenvalue weighted by atomic mass is 9.96. The van der Waals surface area contributed by atoms with Crippen LogP contribution in [0.5, 0.6) is 0 Å². The van der Waals surface area contributed by atoms with Crippen LogP contribution in [0.3, 0.4) is 0 Å². The molecule has 18 N–H and O–H groups in total. The Morgan fingerprint density at radius 1 is 0.710 bits per heavy atom. The van der Waals surface area contributed by atoms with Gasteiger partial charge < -0.3 is 80.0 Å². The summed E-state index contributed by atoms with van der Waals surface area (Å²) in [6.45, 7) is 15.7. The fourth-order valence-electron chi connectivity index (χ4n) is 6.21. The summed E-state index contributed by atoms with van der Waals surface area (Å²) in [5.74, 6) is -12.7. The zero-order valence-electron chi connectivity index (χ0n) is 41.2. The molecule has 0 rings (SSSR count). The number of imide groups is 1. The molecule has 0 aliphatic carbocycles. The Morgan fingerprint density at radius 3 is 1.70 bits per heavy atom. The van der Waals surface area contributed by atoms with Crippen LogP contribution in [-0.4, -0.2) is 170 Å². The van der Waals surface area contributed by atoms with Gasteiger partial charge in [0.05, 0.1) is 18.8 Å². The first-order valence-corrected chi connectivity index (χ1v) is 22.4. The van der Waals surface area contributed by atoms with E-state index in [-0.39, 0.29) is 49.0 Å². The molecule has 0 aromatic carbocycles. The van der Waals surface area contributed by atoms with Crippen molar-refractivity contribution < 1.29 is 73.1 Å². The fraction of sp³-hybridized carbons (Fsp3) is 0.738. The number of hydrogen-bond donors (Lipinski definition) is 14. The third-order valence-electron chi connectivity index (χ3n) is 10.3. The Labute approximate surface area is 401 Å². The summed E-state index contributed by atoms with van der Waals surface area (Å²) in [7, 11) is 0. The van der Waals surface area contributed by atoms with Gasteiger partial charge in [-0.05, 0) is 71.6 Å². The van der Waals surface area contributed by atoms with E-state index in [1.54, 1.807) is 62.3 Å². The van der Waals surface area contributed by atoms with Crippen LogP contribution < -0.4 is 54.8 Å². The van der Waals surface area contributed by atoms with Crippen molar-refractivity contribution in [2.75, 3.05) is 13.1 Å². The highest BCUT2D eigenvalue weighted by Crippen LogP contribution is 2.15. The standard InChI is InChI=1S/C42H76N12O15/c1-12-20(6)27(36(63)52-28(22(8)55)35(62)48-17-25(56)54(21(7)39(66)67)38(65)26(43)31(58)32(44)59)51-33(60)23(14-13-15-47-40(45)46)49-34(61)24(16-18(2)3)50-37(64)29(30(57)19(4)5)53-41(68)69-42(9,10)11/h18-24,26-31,55,57-58H,12-17,43H2,1-11H3,(H2,44,59)(H,48,62)(H,49,61)(H,50,64)(H,51,60)(H,52,63)(H,53,68)(H,66,67)(H4,45,46,47)/t20-,21-,22-,23+,24-,26-,27-,28-,29-,30+,31-/m0/s1. The minimum absolute atomic E-state index is 0.00544. The number of aliphatic carboxylic acids is 1. The number of guanidine groups is 1. The van der Waals surface area contributed by atoms with E-state index in [0.717, 1.165) is 13.8 Å². The summed E-state index contributed by atoms with van der Waals surface area (Å²) in [4.78, 5) is 135. The fourth-order valence-corrected chi connectivity index (χ4v) is 6.21. The minimum Gasteiger partial charge on any atom is -0.480 e. The van der Waals surface area contributed by atoms with E-state index in [2.05, 4.69) is 36.9 Å². The maximum atomic E-state index is 14.1. The lowest BCUT2D eigenvalue weighted by molar-refractivity contribution is -0.159. The van der Waals surface area contributed by atoms with Crippen LogP contribution in [0.4, 0.5) is 4.79 Å². The predicted molar refractivity (Wildman–Crippen MR) is 247 cm³/mol. The third kappa shape index (κ3) is 21.8. The summed E-state index contributed by atoms with van der Waals surface area (Å²) >= 11 is 0. The summed E-state index contributed by atoms with van der Waals surface area (Å²) in [6.07, 6.45) is -6.18. The predicted octanol–water partition coefficient (Wildman–Crippen LogP) is -4.52. The van der Waals surface area contributed by atoms with E-state index in [4.69, 9.17) is 27.7 Å². The van der Waals surface area contributed by atoms with Crippen molar-refractivity contribution in [3.05, 3.63) is 0 Å². The number of hydrogen-bond acceptors (Lipinski definition) is 16. The second kappa shape index (κ2) is 29.0. The zero-order valence-corrected chi connectivity index (χ0v) is 41.2. The number of aliphatic hydroxyl groups is 3. The zero-order chi connectivity index (χ0) is 53.8. The second-order valence-corrected chi connectivity index (χ2v) is 18.4. The Balaban J connectivity index is 6.70. The van der Waals surface area contributed by atoms with Crippen molar-refractivity contribution in [1.29, 1.82) is 0 Å². The molecule has 0 saturated carbocycles. The number of carbonyl (C=O) groups is 10. The van der Waals surface area contributed by atoms with Gasteiger partial charge in [0, 0.05) is 6.54 Å². The molecule has 0 aliphatic rings. The topological polar surface area (TPSA) is 453 Å². The first-order valence-electron chi connectivity index (χ1n) is 22.4. The molecule has 0 spiro atoms. The Morgan fingerprint density at radius 2 is 1.23 bits per heavy atom. The average Bonchev–Trinajstić information content (AvgIpc) is 3.23. The molecular weight excluding hydrogens is 913 g/mol. The molecule has 11 atom stereocenters. The van der Waals surface area contributed by atoms with Crippen LogP contribution in [0.1, 0.15) is 102 Å². The summed E-state index contributed by atoms with van der Waals surface area (Å²) in [5, 5.41) is 55.4. The van der Waals surface area contributed by atoms with Gasteiger partial charge in [-0.25, -0.2) is 9.59 Å². The number of carboxylic acids is 1. The molecule has 27 nitrogen and oxygen atoms in total. The summed E-state index contributed by atoms with van der Waals surface area (Å²) in [5.41, 5.74) is 20.5. The number of nitrogens with two attached hydrogens (primary N) is 4. The van der Waals surface area contributed by atoms with Gasteiger partial charge in [0.25, 0.3) is 0 Å². The number of nitrogens with zero attached hydrogens (tertiary/aromatic N) is 2. The molecular formula is C42H76N12O15. The number of amides is 9. The molecule has 0 unspecified atom stereocenters. The first kappa shape index (κ1) is 62.8. The number of aliphatic imine (C=N–C) groups is 1. The molecule has 0 radical (unpaired) electrons. The molecule has 0 saturated heterocycles. The molecule has 0 aliphatic heterocycles. The average molecular weight is 989 g/mol. The van der Waals surface area contributed by atoms with Gasteiger partial charge in [0.2, 0.25) is 47.3 Å². The number of aliphatic hydroxyl groups excluding tert-OH is 3. The minimum atomic E-state index is -2.32. The quantitative estimate of drug-likeness (QED) is 0.0199. The number of carbonyl (C=O) groups excluding carboxylic acids is 9. The molecule has 394 valence electrons. The Hall–Kier alpha value is -6.19. The Bertz CT molecular complexity index is 1840. The van der Waals surface area contributed by atoms with Gasteiger partial charge in [0.1, 0.15) is 47.9 Å². The van der Waals surface area contributed by atoms with Crippen molar-refractivity contribution >= 4 is 65.3 Å². The highest BCUT2D eigenvalue weighted by atomic mass is 16.6. The third-order valence-corrected chi connectivity index (χ3v) is 10.3. The van der Waals surface area contributed by atoms with Crippen molar-refractivity contribution in [2.24, 2.45) is 45.7 Å². The maximum Gasteiger partial charge on any atom is 0.408 e. The molecule has 0 aromatic rings. The van der Waals surface area contributed by atoms with Gasteiger partial charge in [-0.1, -0.05) is 48.0 Å². The van der Waals surface area contributed by atoms with Crippen LogP contribution in [0.2, 0.25) is 0 Å². The number of rotatable bonds is 28. The van der Waals surface area contributed by atoms with E-state index in [1.165, 1.54) is 0 Å². The van der Waals surface area contributed by atoms with E-state index in [0.29, 0.717) is 0 Å². The van der Waals surface area contributed by atoms with Crippen LogP contribution >= 0.6 is 0 Å². The lowest BCUT2D eigenvalue weighted by Gasteiger charge is -2.31. The van der Waals surface area contributed by atoms with Crippen LogP contribution in [0.15, 0.2) is 4.99 Å². The molecule has 27 heteroatoms.